The standard InChI is InChI=1S/C18H20N2O4/c1-13(21)19-16-12-14(8-9-17(16)23-2)20-18(22)10-11-24-15-6-4-3-5-7-15/h3-9,12H,10-11H2,1-2H3,(H,19,21)(H,20,22). The van der Waals surface area contributed by atoms with E-state index in [1.54, 1.807) is 18.2 Å². The van der Waals surface area contributed by atoms with Crippen molar-refractivity contribution in [1.82, 2.24) is 0 Å². The predicted molar refractivity (Wildman–Crippen MR) is 92.5 cm³/mol. The molecule has 0 saturated carbocycles. The number of hydrogen-bond acceptors (Lipinski definition) is 4. The molecule has 2 aromatic carbocycles. The van der Waals surface area contributed by atoms with Gasteiger partial charge < -0.3 is 20.1 Å². The quantitative estimate of drug-likeness (QED) is 0.819. The molecule has 0 atom stereocenters. The van der Waals surface area contributed by atoms with Crippen molar-refractivity contribution in [2.45, 2.75) is 13.3 Å². The number of rotatable bonds is 7. The summed E-state index contributed by atoms with van der Waals surface area (Å²) in [5.41, 5.74) is 1.08. The molecule has 0 radical (unpaired) electrons. The van der Waals surface area contributed by atoms with Crippen molar-refractivity contribution < 1.29 is 19.1 Å². The van der Waals surface area contributed by atoms with Gasteiger partial charge in [0.05, 0.1) is 25.8 Å². The molecule has 0 spiro atoms. The highest BCUT2D eigenvalue weighted by Gasteiger charge is 2.08. The third-order valence-corrected chi connectivity index (χ3v) is 3.13. The minimum atomic E-state index is -0.215. The first-order valence-electron chi connectivity index (χ1n) is 7.52. The Morgan fingerprint density at radius 1 is 1.04 bits per heavy atom. The van der Waals surface area contributed by atoms with E-state index in [2.05, 4.69) is 10.6 Å². The van der Waals surface area contributed by atoms with E-state index < -0.39 is 0 Å². The average molecular weight is 328 g/mol. The fourth-order valence-corrected chi connectivity index (χ4v) is 2.07. The molecule has 0 saturated heterocycles. The number of methoxy groups -OCH3 is 1. The van der Waals surface area contributed by atoms with Crippen LogP contribution in [0, 0.1) is 0 Å². The Morgan fingerprint density at radius 3 is 2.46 bits per heavy atom. The molecule has 24 heavy (non-hydrogen) atoms. The van der Waals surface area contributed by atoms with Gasteiger partial charge in [-0.25, -0.2) is 0 Å². The Bertz CT molecular complexity index is 701. The maximum atomic E-state index is 12.0. The predicted octanol–water partition coefficient (Wildman–Crippen LogP) is 3.06. The van der Waals surface area contributed by atoms with Crippen LogP contribution in [0.3, 0.4) is 0 Å². The molecular formula is C18H20N2O4. The second kappa shape index (κ2) is 8.57. The molecule has 2 rings (SSSR count). The molecular weight excluding hydrogens is 308 g/mol. The van der Waals surface area contributed by atoms with E-state index in [1.165, 1.54) is 14.0 Å². The Morgan fingerprint density at radius 2 is 1.79 bits per heavy atom. The fraction of sp³-hybridized carbons (Fsp3) is 0.222. The van der Waals surface area contributed by atoms with Crippen LogP contribution in [-0.4, -0.2) is 25.5 Å². The zero-order chi connectivity index (χ0) is 17.4. The Labute approximate surface area is 140 Å². The van der Waals surface area contributed by atoms with Gasteiger partial charge in [-0.05, 0) is 30.3 Å². The lowest BCUT2D eigenvalue weighted by molar-refractivity contribution is -0.116. The van der Waals surface area contributed by atoms with Crippen molar-refractivity contribution in [2.75, 3.05) is 24.4 Å². The molecule has 0 unspecified atom stereocenters. The summed E-state index contributed by atoms with van der Waals surface area (Å²) >= 11 is 0. The van der Waals surface area contributed by atoms with Crippen LogP contribution in [0.1, 0.15) is 13.3 Å². The Balaban J connectivity index is 1.90. The summed E-state index contributed by atoms with van der Waals surface area (Å²) in [7, 11) is 1.51. The zero-order valence-electron chi connectivity index (χ0n) is 13.7. The second-order valence-electron chi connectivity index (χ2n) is 5.06. The van der Waals surface area contributed by atoms with Gasteiger partial charge in [-0.15, -0.1) is 0 Å². The van der Waals surface area contributed by atoms with E-state index in [9.17, 15) is 9.59 Å². The molecule has 0 bridgehead atoms. The summed E-state index contributed by atoms with van der Waals surface area (Å²) < 4.78 is 10.7. The van der Waals surface area contributed by atoms with E-state index >= 15 is 0 Å². The number of nitrogens with one attached hydrogen (secondary N) is 2. The summed E-state index contributed by atoms with van der Waals surface area (Å²) in [5.74, 6) is 0.858. The lowest BCUT2D eigenvalue weighted by atomic mass is 10.2. The van der Waals surface area contributed by atoms with Crippen LogP contribution in [0.4, 0.5) is 11.4 Å². The van der Waals surface area contributed by atoms with Crippen molar-refractivity contribution in [2.24, 2.45) is 0 Å². The van der Waals surface area contributed by atoms with Gasteiger partial charge in [0, 0.05) is 12.6 Å². The second-order valence-corrected chi connectivity index (χ2v) is 5.06. The molecule has 0 aliphatic rings. The minimum absolute atomic E-state index is 0.176. The summed E-state index contributed by atoms with van der Waals surface area (Å²) in [5, 5.41) is 5.43. The monoisotopic (exact) mass is 328 g/mol. The first-order valence-corrected chi connectivity index (χ1v) is 7.52. The normalized spacial score (nSPS) is 9.92. The van der Waals surface area contributed by atoms with Crippen LogP contribution < -0.4 is 20.1 Å². The van der Waals surface area contributed by atoms with Gasteiger partial charge in [0.2, 0.25) is 11.8 Å². The number of para-hydroxylation sites is 1. The van der Waals surface area contributed by atoms with Crippen LogP contribution >= 0.6 is 0 Å². The third-order valence-electron chi connectivity index (χ3n) is 3.13. The van der Waals surface area contributed by atoms with Crippen molar-refractivity contribution >= 4 is 23.2 Å². The lowest BCUT2D eigenvalue weighted by Crippen LogP contribution is -2.15. The molecule has 2 aromatic rings. The summed E-state index contributed by atoms with van der Waals surface area (Å²) in [4.78, 5) is 23.2. The lowest BCUT2D eigenvalue weighted by Gasteiger charge is -2.12. The van der Waals surface area contributed by atoms with Crippen molar-refractivity contribution in [3.63, 3.8) is 0 Å². The number of carbonyl (C=O) groups is 2. The van der Waals surface area contributed by atoms with E-state index in [1.807, 2.05) is 30.3 Å². The van der Waals surface area contributed by atoms with Crippen LogP contribution in [0.25, 0.3) is 0 Å². The first-order chi connectivity index (χ1) is 11.6. The summed E-state index contributed by atoms with van der Waals surface area (Å²) in [6.45, 7) is 1.69. The van der Waals surface area contributed by atoms with Gasteiger partial charge in [0.15, 0.2) is 0 Å². The molecule has 6 nitrogen and oxygen atoms in total. The molecule has 2 amide bonds. The molecule has 126 valence electrons. The van der Waals surface area contributed by atoms with Crippen molar-refractivity contribution in [3.8, 4) is 11.5 Å². The Kier molecular flexibility index (Phi) is 6.19. The van der Waals surface area contributed by atoms with Crippen molar-refractivity contribution in [1.29, 1.82) is 0 Å². The van der Waals surface area contributed by atoms with E-state index in [0.29, 0.717) is 17.1 Å². The molecule has 0 aromatic heterocycles. The largest absolute Gasteiger partial charge is 0.495 e. The summed E-state index contributed by atoms with van der Waals surface area (Å²) in [6.07, 6.45) is 0.219. The van der Waals surface area contributed by atoms with Gasteiger partial charge in [-0.3, -0.25) is 9.59 Å². The minimum Gasteiger partial charge on any atom is -0.495 e. The summed E-state index contributed by atoms with van der Waals surface area (Å²) in [6, 6.07) is 14.3. The first kappa shape index (κ1) is 17.3. The smallest absolute Gasteiger partial charge is 0.227 e. The molecule has 0 heterocycles. The number of carbonyl (C=O) groups excluding carboxylic acids is 2. The van der Waals surface area contributed by atoms with Crippen molar-refractivity contribution in [3.05, 3.63) is 48.5 Å². The molecule has 0 aliphatic heterocycles. The maximum absolute atomic E-state index is 12.0. The molecule has 0 aliphatic carbocycles. The van der Waals surface area contributed by atoms with Crippen LogP contribution in [0.2, 0.25) is 0 Å². The molecule has 2 N–H and O–H groups in total. The fourth-order valence-electron chi connectivity index (χ4n) is 2.07. The number of ether oxygens (including phenoxy) is 2. The van der Waals surface area contributed by atoms with Crippen LogP contribution in [0.15, 0.2) is 48.5 Å². The van der Waals surface area contributed by atoms with Gasteiger partial charge >= 0.3 is 0 Å². The van der Waals surface area contributed by atoms with Crippen LogP contribution in [0.5, 0.6) is 11.5 Å². The Hall–Kier alpha value is -3.02. The third kappa shape index (κ3) is 5.31. The SMILES string of the molecule is COc1ccc(NC(=O)CCOc2ccccc2)cc1NC(C)=O. The van der Waals surface area contributed by atoms with Gasteiger partial charge in [0.1, 0.15) is 11.5 Å². The average Bonchev–Trinajstić information content (AvgIpc) is 2.55. The number of benzene rings is 2. The number of anilines is 2. The molecule has 6 heteroatoms. The molecule has 0 fully saturated rings. The van der Waals surface area contributed by atoms with Gasteiger partial charge in [-0.1, -0.05) is 18.2 Å². The highest BCUT2D eigenvalue weighted by atomic mass is 16.5. The van der Waals surface area contributed by atoms with Gasteiger partial charge in [-0.2, -0.15) is 0 Å². The number of hydrogen-bond donors (Lipinski definition) is 2. The van der Waals surface area contributed by atoms with E-state index in [-0.39, 0.29) is 24.8 Å². The van der Waals surface area contributed by atoms with Gasteiger partial charge in [0.25, 0.3) is 0 Å². The zero-order valence-corrected chi connectivity index (χ0v) is 13.7. The van der Waals surface area contributed by atoms with E-state index in [4.69, 9.17) is 9.47 Å². The highest BCUT2D eigenvalue weighted by molar-refractivity contribution is 5.94. The number of amides is 2. The maximum Gasteiger partial charge on any atom is 0.227 e. The van der Waals surface area contributed by atoms with Crippen LogP contribution in [-0.2, 0) is 9.59 Å². The topological polar surface area (TPSA) is 76.7 Å². The van der Waals surface area contributed by atoms with E-state index in [0.717, 1.165) is 5.75 Å². The highest BCUT2D eigenvalue weighted by Crippen LogP contribution is 2.27.